The van der Waals surface area contributed by atoms with Crippen LogP contribution in [0.25, 0.3) is 0 Å². The van der Waals surface area contributed by atoms with Crippen molar-refractivity contribution >= 4 is 11.9 Å². The average Bonchev–Trinajstić information content (AvgIpc) is 2.94. The van der Waals surface area contributed by atoms with E-state index in [0.29, 0.717) is 11.8 Å². The topological polar surface area (TPSA) is 83.8 Å². The maximum Gasteiger partial charge on any atom is 0.307 e. The lowest BCUT2D eigenvalue weighted by Crippen LogP contribution is -2.49. The van der Waals surface area contributed by atoms with Crippen molar-refractivity contribution in [3.05, 3.63) is 34.9 Å². The Balaban J connectivity index is 1.72. The van der Waals surface area contributed by atoms with Crippen LogP contribution in [-0.4, -0.2) is 34.4 Å². The summed E-state index contributed by atoms with van der Waals surface area (Å²) in [6.07, 6.45) is 4.03. The van der Waals surface area contributed by atoms with E-state index in [2.05, 4.69) is 13.0 Å². The minimum atomic E-state index is -0.820. The third-order valence-electron chi connectivity index (χ3n) is 6.90. The summed E-state index contributed by atoms with van der Waals surface area (Å²) >= 11 is 0. The fraction of sp³-hybridized carbons (Fsp3) is 0.619. The van der Waals surface area contributed by atoms with Crippen LogP contribution in [0.3, 0.4) is 0 Å². The van der Waals surface area contributed by atoms with Crippen molar-refractivity contribution in [3.63, 3.8) is 0 Å². The Morgan fingerprint density at radius 2 is 2.04 bits per heavy atom. The number of carboxylic acids is 2. The molecule has 2 aliphatic carbocycles. The fourth-order valence-electron chi connectivity index (χ4n) is 6.05. The number of benzene rings is 1. The van der Waals surface area contributed by atoms with E-state index >= 15 is 0 Å². The van der Waals surface area contributed by atoms with Gasteiger partial charge in [-0.3, -0.25) is 9.59 Å². The lowest BCUT2D eigenvalue weighted by atomic mass is 9.54. The molecule has 0 aromatic heterocycles. The van der Waals surface area contributed by atoms with Crippen molar-refractivity contribution < 1.29 is 24.5 Å². The smallest absolute Gasteiger partial charge is 0.307 e. The van der Waals surface area contributed by atoms with Crippen LogP contribution in [0.4, 0.5) is 0 Å². The zero-order valence-corrected chi connectivity index (χ0v) is 15.1. The normalized spacial score (nSPS) is 35.3. The van der Waals surface area contributed by atoms with Gasteiger partial charge in [0, 0.05) is 13.0 Å². The number of hydrogen-bond donors (Lipinski definition) is 2. The summed E-state index contributed by atoms with van der Waals surface area (Å²) in [5, 5.41) is 18.5. The maximum atomic E-state index is 11.5. The van der Waals surface area contributed by atoms with Crippen LogP contribution in [0.15, 0.2) is 18.2 Å². The van der Waals surface area contributed by atoms with E-state index in [4.69, 9.17) is 9.84 Å². The summed E-state index contributed by atoms with van der Waals surface area (Å²) in [5.41, 5.74) is 3.09. The Morgan fingerprint density at radius 3 is 2.77 bits per heavy atom. The first-order valence-corrected chi connectivity index (χ1v) is 9.56. The van der Waals surface area contributed by atoms with Crippen LogP contribution >= 0.6 is 0 Å². The lowest BCUT2D eigenvalue weighted by Gasteiger charge is -2.51. The van der Waals surface area contributed by atoms with Crippen LogP contribution in [-0.2, 0) is 27.2 Å². The molecule has 0 amide bonds. The highest BCUT2D eigenvalue weighted by Crippen LogP contribution is 2.58. The third-order valence-corrected chi connectivity index (χ3v) is 6.90. The van der Waals surface area contributed by atoms with Crippen LogP contribution in [0.5, 0.6) is 0 Å². The van der Waals surface area contributed by atoms with Crippen molar-refractivity contribution in [1.82, 2.24) is 0 Å². The Kier molecular flexibility index (Phi) is 4.30. The molecule has 5 nitrogen and oxygen atoms in total. The molecule has 0 radical (unpaired) electrons. The first kappa shape index (κ1) is 17.5. The monoisotopic (exact) mass is 358 g/mol. The number of hydrogen-bond acceptors (Lipinski definition) is 3. The van der Waals surface area contributed by atoms with E-state index < -0.39 is 11.9 Å². The van der Waals surface area contributed by atoms with E-state index in [-0.39, 0.29) is 30.3 Å². The van der Waals surface area contributed by atoms with Crippen molar-refractivity contribution in [2.24, 2.45) is 17.8 Å². The molecule has 2 fully saturated rings. The molecule has 1 saturated heterocycles. The molecule has 2 N–H and O–H groups in total. The SMILES string of the molecule is C[C@]12C[C@@H](CC(=O)O)[C@@H]3c4ccc(CC(=O)O)cc4CC[C@H]3[C@@H]1CCO2. The second kappa shape index (κ2) is 6.38. The number of carboxylic acid groups (broad SMARTS) is 2. The minimum Gasteiger partial charge on any atom is -0.481 e. The number of aryl methyl sites for hydroxylation is 1. The third kappa shape index (κ3) is 2.92. The Hall–Kier alpha value is -1.88. The van der Waals surface area contributed by atoms with E-state index in [1.807, 2.05) is 12.1 Å². The number of ether oxygens (including phenoxy) is 1. The molecule has 5 atom stereocenters. The molecule has 1 saturated carbocycles. The quantitative estimate of drug-likeness (QED) is 0.863. The van der Waals surface area contributed by atoms with Crippen LogP contribution < -0.4 is 0 Å². The summed E-state index contributed by atoms with van der Waals surface area (Å²) in [6.45, 7) is 2.94. The number of carbonyl (C=O) groups is 2. The summed E-state index contributed by atoms with van der Waals surface area (Å²) in [4.78, 5) is 22.5. The second-order valence-corrected chi connectivity index (χ2v) is 8.45. The molecule has 1 aliphatic heterocycles. The molecule has 140 valence electrons. The zero-order chi connectivity index (χ0) is 18.5. The van der Waals surface area contributed by atoms with Crippen molar-refractivity contribution in [3.8, 4) is 0 Å². The van der Waals surface area contributed by atoms with Crippen LogP contribution in [0.2, 0.25) is 0 Å². The standard InChI is InChI=1S/C21H26O5/c1-21-11-14(10-19(24)25)20-15-4-2-12(9-18(22)23)8-13(15)3-5-16(20)17(21)6-7-26-21/h2,4,8,14,16-17,20H,3,5-7,9-11H2,1H3,(H,22,23)(H,24,25)/t14-,16+,17+,20-,21+/m1/s1. The highest BCUT2D eigenvalue weighted by Gasteiger charge is 2.55. The van der Waals surface area contributed by atoms with E-state index in [1.165, 1.54) is 11.1 Å². The van der Waals surface area contributed by atoms with Gasteiger partial charge in [-0.05, 0) is 73.0 Å². The van der Waals surface area contributed by atoms with Gasteiger partial charge in [-0.25, -0.2) is 0 Å². The first-order valence-electron chi connectivity index (χ1n) is 9.56. The van der Waals surface area contributed by atoms with Crippen LogP contribution in [0.1, 0.15) is 55.2 Å². The Morgan fingerprint density at radius 1 is 1.23 bits per heavy atom. The van der Waals surface area contributed by atoms with Crippen molar-refractivity contribution in [2.75, 3.05) is 6.61 Å². The molecule has 5 heteroatoms. The molecule has 26 heavy (non-hydrogen) atoms. The fourth-order valence-corrected chi connectivity index (χ4v) is 6.05. The van der Waals surface area contributed by atoms with Gasteiger partial charge in [0.1, 0.15) is 0 Å². The summed E-state index contributed by atoms with van der Waals surface area (Å²) < 4.78 is 6.10. The summed E-state index contributed by atoms with van der Waals surface area (Å²) in [7, 11) is 0. The number of rotatable bonds is 4. The molecular weight excluding hydrogens is 332 g/mol. The van der Waals surface area contributed by atoms with Crippen molar-refractivity contribution in [2.45, 2.75) is 57.0 Å². The van der Waals surface area contributed by atoms with Gasteiger partial charge < -0.3 is 14.9 Å². The number of aliphatic carboxylic acids is 2. The molecule has 0 spiro atoms. The lowest BCUT2D eigenvalue weighted by molar-refractivity contribution is -0.141. The van der Waals surface area contributed by atoms with Crippen molar-refractivity contribution in [1.29, 1.82) is 0 Å². The highest BCUT2D eigenvalue weighted by molar-refractivity contribution is 5.70. The molecule has 0 bridgehead atoms. The molecule has 1 aromatic rings. The second-order valence-electron chi connectivity index (χ2n) is 8.45. The Labute approximate surface area is 153 Å². The van der Waals surface area contributed by atoms with Gasteiger partial charge in [0.25, 0.3) is 0 Å². The van der Waals surface area contributed by atoms with Crippen LogP contribution in [0, 0.1) is 17.8 Å². The zero-order valence-electron chi connectivity index (χ0n) is 15.1. The minimum absolute atomic E-state index is 0.0362. The van der Waals surface area contributed by atoms with E-state index in [0.717, 1.165) is 37.9 Å². The Bertz CT molecular complexity index is 742. The van der Waals surface area contributed by atoms with Gasteiger partial charge in [-0.15, -0.1) is 0 Å². The van der Waals surface area contributed by atoms with Gasteiger partial charge in [0.05, 0.1) is 12.0 Å². The largest absolute Gasteiger partial charge is 0.481 e. The highest BCUT2D eigenvalue weighted by atomic mass is 16.5. The van der Waals surface area contributed by atoms with Gasteiger partial charge in [0.15, 0.2) is 0 Å². The van der Waals surface area contributed by atoms with E-state index in [1.54, 1.807) is 0 Å². The molecule has 3 aliphatic rings. The summed E-state index contributed by atoms with van der Waals surface area (Å²) in [6, 6.07) is 6.00. The molecule has 0 unspecified atom stereocenters. The number of fused-ring (bicyclic) bond motifs is 5. The predicted octanol–water partition coefficient (Wildman–Crippen LogP) is 3.25. The maximum absolute atomic E-state index is 11.5. The first-order chi connectivity index (χ1) is 12.4. The van der Waals surface area contributed by atoms with Gasteiger partial charge in [-0.1, -0.05) is 18.2 Å². The predicted molar refractivity (Wildman–Crippen MR) is 95.2 cm³/mol. The molecule has 1 aromatic carbocycles. The van der Waals surface area contributed by atoms with E-state index in [9.17, 15) is 14.7 Å². The van der Waals surface area contributed by atoms with Gasteiger partial charge >= 0.3 is 11.9 Å². The molecular formula is C21H26O5. The van der Waals surface area contributed by atoms with Gasteiger partial charge in [0.2, 0.25) is 0 Å². The molecule has 4 rings (SSSR count). The average molecular weight is 358 g/mol. The van der Waals surface area contributed by atoms with Gasteiger partial charge in [-0.2, -0.15) is 0 Å². The molecule has 1 heterocycles. The summed E-state index contributed by atoms with van der Waals surface area (Å²) in [5.74, 6) is -0.306.